The molecule has 2 rings (SSSR count). The van der Waals surface area contributed by atoms with Crippen LogP contribution in [-0.2, 0) is 9.59 Å². The molecular formula is C18H26N4O3. The lowest BCUT2D eigenvalue weighted by Gasteiger charge is -2.46. The number of nitrogen functional groups attached to an aromatic ring is 1. The highest BCUT2D eigenvalue weighted by atomic mass is 16.2. The second-order valence-corrected chi connectivity index (χ2v) is 7.88. The van der Waals surface area contributed by atoms with Crippen molar-refractivity contribution < 1.29 is 14.4 Å². The van der Waals surface area contributed by atoms with E-state index in [-0.39, 0.29) is 22.7 Å². The number of imide groups is 1. The molecule has 7 nitrogen and oxygen atoms in total. The number of hydrogen-bond donors (Lipinski definition) is 4. The highest BCUT2D eigenvalue weighted by molar-refractivity contribution is 6.38. The lowest BCUT2D eigenvalue weighted by molar-refractivity contribution is -0.139. The summed E-state index contributed by atoms with van der Waals surface area (Å²) in [6.07, 6.45) is 1.39. The Hall–Kier alpha value is -2.41. The van der Waals surface area contributed by atoms with Crippen LogP contribution >= 0.6 is 0 Å². The largest absolute Gasteiger partial charge is 0.399 e. The molecule has 1 saturated heterocycles. The predicted molar refractivity (Wildman–Crippen MR) is 95.8 cm³/mol. The molecule has 0 saturated carbocycles. The van der Waals surface area contributed by atoms with Gasteiger partial charge in [0.15, 0.2) is 0 Å². The second-order valence-electron chi connectivity index (χ2n) is 7.88. The number of rotatable bonds is 2. The third-order valence-corrected chi connectivity index (χ3v) is 4.13. The number of amides is 3. The lowest BCUT2D eigenvalue weighted by Crippen LogP contribution is -2.63. The van der Waals surface area contributed by atoms with Gasteiger partial charge >= 0.3 is 11.8 Å². The summed E-state index contributed by atoms with van der Waals surface area (Å²) >= 11 is 0. The summed E-state index contributed by atoms with van der Waals surface area (Å²) in [5.41, 5.74) is 6.02. The topological polar surface area (TPSA) is 113 Å². The van der Waals surface area contributed by atoms with E-state index in [0.29, 0.717) is 18.5 Å². The molecule has 5 N–H and O–H groups in total. The van der Waals surface area contributed by atoms with Gasteiger partial charge in [-0.2, -0.15) is 0 Å². The van der Waals surface area contributed by atoms with E-state index in [1.165, 1.54) is 12.1 Å². The molecule has 0 bridgehead atoms. The summed E-state index contributed by atoms with van der Waals surface area (Å²) in [6, 6.07) is 5.95. The Bertz CT molecular complexity index is 664. The van der Waals surface area contributed by atoms with Crippen molar-refractivity contribution in [2.24, 2.45) is 0 Å². The summed E-state index contributed by atoms with van der Waals surface area (Å²) in [6.45, 7) is 8.21. The minimum absolute atomic E-state index is 0.142. The van der Waals surface area contributed by atoms with Crippen LogP contribution in [0.25, 0.3) is 0 Å². The maximum Gasteiger partial charge on any atom is 0.316 e. The van der Waals surface area contributed by atoms with E-state index in [1.807, 2.05) is 0 Å². The van der Waals surface area contributed by atoms with Crippen LogP contribution in [0.4, 0.5) is 5.69 Å². The summed E-state index contributed by atoms with van der Waals surface area (Å²) < 4.78 is 0. The Morgan fingerprint density at radius 3 is 2.04 bits per heavy atom. The number of nitrogens with one attached hydrogen (secondary N) is 3. The van der Waals surface area contributed by atoms with Crippen LogP contribution < -0.4 is 21.7 Å². The summed E-state index contributed by atoms with van der Waals surface area (Å²) in [7, 11) is 0. The van der Waals surface area contributed by atoms with Crippen molar-refractivity contribution >= 4 is 23.4 Å². The molecule has 1 aliphatic heterocycles. The molecular weight excluding hydrogens is 320 g/mol. The number of carbonyl (C=O) groups excluding carboxylic acids is 3. The predicted octanol–water partition coefficient (Wildman–Crippen LogP) is 0.951. The number of nitrogens with two attached hydrogens (primary N) is 1. The highest BCUT2D eigenvalue weighted by Crippen LogP contribution is 2.28. The van der Waals surface area contributed by atoms with Crippen molar-refractivity contribution in [3.63, 3.8) is 0 Å². The molecule has 1 aliphatic rings. The molecule has 7 heteroatoms. The summed E-state index contributed by atoms with van der Waals surface area (Å²) in [4.78, 5) is 36.2. The Morgan fingerprint density at radius 2 is 1.52 bits per heavy atom. The Labute approximate surface area is 147 Å². The molecule has 0 radical (unpaired) electrons. The van der Waals surface area contributed by atoms with Crippen LogP contribution in [0.1, 0.15) is 50.9 Å². The average molecular weight is 346 g/mol. The van der Waals surface area contributed by atoms with Gasteiger partial charge in [0.05, 0.1) is 0 Å². The van der Waals surface area contributed by atoms with E-state index < -0.39 is 17.7 Å². The fourth-order valence-electron chi connectivity index (χ4n) is 3.54. The first-order valence-corrected chi connectivity index (χ1v) is 8.28. The molecule has 1 aromatic rings. The summed E-state index contributed by atoms with van der Waals surface area (Å²) in [5.74, 6) is -2.40. The van der Waals surface area contributed by atoms with Gasteiger partial charge in [0.1, 0.15) is 0 Å². The third-order valence-electron chi connectivity index (χ3n) is 4.13. The molecule has 25 heavy (non-hydrogen) atoms. The lowest BCUT2D eigenvalue weighted by atomic mass is 9.79. The van der Waals surface area contributed by atoms with Crippen molar-refractivity contribution in [1.29, 1.82) is 0 Å². The van der Waals surface area contributed by atoms with Gasteiger partial charge < -0.3 is 16.4 Å². The van der Waals surface area contributed by atoms with Crippen LogP contribution in [-0.4, -0.2) is 34.8 Å². The van der Waals surface area contributed by atoms with E-state index in [1.54, 1.807) is 12.1 Å². The van der Waals surface area contributed by atoms with Gasteiger partial charge in [-0.25, -0.2) is 0 Å². The standard InChI is InChI=1S/C18H26N4O3/c1-17(2)9-13(10-18(3,4)22-17)20-15(24)16(25)21-14(23)11-5-7-12(19)8-6-11/h5-8,13,22H,9-10,19H2,1-4H3,(H,20,24)(H,21,23,25). The number of piperidine rings is 1. The zero-order valence-electron chi connectivity index (χ0n) is 15.1. The van der Waals surface area contributed by atoms with Crippen LogP contribution in [0.3, 0.4) is 0 Å². The zero-order chi connectivity index (χ0) is 18.8. The molecule has 1 heterocycles. The van der Waals surface area contributed by atoms with Crippen molar-refractivity contribution in [1.82, 2.24) is 16.0 Å². The van der Waals surface area contributed by atoms with Crippen LogP contribution in [0.5, 0.6) is 0 Å². The van der Waals surface area contributed by atoms with Crippen molar-refractivity contribution in [2.45, 2.75) is 57.7 Å². The fraction of sp³-hybridized carbons (Fsp3) is 0.500. The molecule has 1 fully saturated rings. The molecule has 0 unspecified atom stereocenters. The van der Waals surface area contributed by atoms with Gasteiger partial charge in [-0.05, 0) is 64.8 Å². The molecule has 0 atom stereocenters. The normalized spacial score (nSPS) is 19.0. The van der Waals surface area contributed by atoms with Crippen molar-refractivity contribution in [2.75, 3.05) is 5.73 Å². The summed E-state index contributed by atoms with van der Waals surface area (Å²) in [5, 5.41) is 8.34. The van der Waals surface area contributed by atoms with Crippen LogP contribution in [0.2, 0.25) is 0 Å². The third kappa shape index (κ3) is 5.29. The Morgan fingerprint density at radius 1 is 1.00 bits per heavy atom. The first kappa shape index (κ1) is 18.9. The SMILES string of the molecule is CC1(C)CC(NC(=O)C(=O)NC(=O)c2ccc(N)cc2)CC(C)(C)N1. The number of carbonyl (C=O) groups is 3. The fourth-order valence-corrected chi connectivity index (χ4v) is 3.54. The molecule has 0 aliphatic carbocycles. The maximum atomic E-state index is 12.1. The zero-order valence-corrected chi connectivity index (χ0v) is 15.1. The van der Waals surface area contributed by atoms with Crippen LogP contribution in [0, 0.1) is 0 Å². The minimum atomic E-state index is -0.962. The van der Waals surface area contributed by atoms with Gasteiger partial charge in [-0.15, -0.1) is 0 Å². The molecule has 0 spiro atoms. The molecule has 3 amide bonds. The minimum Gasteiger partial charge on any atom is -0.399 e. The quantitative estimate of drug-likeness (QED) is 0.470. The van der Waals surface area contributed by atoms with Crippen molar-refractivity contribution in [3.05, 3.63) is 29.8 Å². The Kier molecular flexibility index (Phi) is 5.17. The molecule has 136 valence electrons. The van der Waals surface area contributed by atoms with E-state index in [9.17, 15) is 14.4 Å². The average Bonchev–Trinajstić information content (AvgIpc) is 2.44. The van der Waals surface area contributed by atoms with E-state index in [4.69, 9.17) is 5.73 Å². The molecule has 1 aromatic carbocycles. The maximum absolute atomic E-state index is 12.1. The highest BCUT2D eigenvalue weighted by Gasteiger charge is 2.38. The van der Waals surface area contributed by atoms with E-state index in [0.717, 1.165) is 0 Å². The van der Waals surface area contributed by atoms with E-state index in [2.05, 4.69) is 43.6 Å². The van der Waals surface area contributed by atoms with Gasteiger partial charge in [0.25, 0.3) is 5.91 Å². The Balaban J connectivity index is 1.95. The van der Waals surface area contributed by atoms with Crippen LogP contribution in [0.15, 0.2) is 24.3 Å². The number of anilines is 1. The first-order chi connectivity index (χ1) is 11.5. The van der Waals surface area contributed by atoms with Gasteiger partial charge in [0.2, 0.25) is 0 Å². The molecule has 0 aromatic heterocycles. The second kappa shape index (κ2) is 6.84. The van der Waals surface area contributed by atoms with E-state index >= 15 is 0 Å². The number of hydrogen-bond acceptors (Lipinski definition) is 5. The van der Waals surface area contributed by atoms with Gasteiger partial charge in [0, 0.05) is 28.4 Å². The smallest absolute Gasteiger partial charge is 0.316 e. The first-order valence-electron chi connectivity index (χ1n) is 8.28. The van der Waals surface area contributed by atoms with Gasteiger partial charge in [-0.3, -0.25) is 19.7 Å². The monoisotopic (exact) mass is 346 g/mol. The van der Waals surface area contributed by atoms with Gasteiger partial charge in [-0.1, -0.05) is 0 Å². The van der Waals surface area contributed by atoms with Crippen molar-refractivity contribution in [3.8, 4) is 0 Å². The number of benzene rings is 1.